The largest absolute Gasteiger partial charge is 0.383 e. The molecular weight excluding hydrogens is 186 g/mol. The molecule has 1 rings (SSSR count). The van der Waals surface area contributed by atoms with E-state index in [4.69, 9.17) is 4.74 Å². The van der Waals surface area contributed by atoms with Crippen molar-refractivity contribution in [3.8, 4) is 0 Å². The lowest BCUT2D eigenvalue weighted by Gasteiger charge is -2.22. The van der Waals surface area contributed by atoms with Crippen molar-refractivity contribution in [1.82, 2.24) is 5.32 Å². The molecule has 0 fully saturated rings. The van der Waals surface area contributed by atoms with Crippen LogP contribution in [-0.2, 0) is 4.74 Å². The van der Waals surface area contributed by atoms with Crippen molar-refractivity contribution in [3.05, 3.63) is 35.9 Å². The summed E-state index contributed by atoms with van der Waals surface area (Å²) in [5, 5.41) is 3.51. The van der Waals surface area contributed by atoms with Gasteiger partial charge in [-0.2, -0.15) is 0 Å². The lowest BCUT2D eigenvalue weighted by atomic mass is 9.96. The molecule has 0 spiro atoms. The van der Waals surface area contributed by atoms with Crippen molar-refractivity contribution < 1.29 is 4.74 Å². The summed E-state index contributed by atoms with van der Waals surface area (Å²) in [7, 11) is 1.73. The van der Waals surface area contributed by atoms with Crippen molar-refractivity contribution in [3.63, 3.8) is 0 Å². The molecule has 1 atom stereocenters. The molecule has 0 aliphatic rings. The topological polar surface area (TPSA) is 21.3 Å². The maximum absolute atomic E-state index is 5.05. The average molecular weight is 207 g/mol. The van der Waals surface area contributed by atoms with Gasteiger partial charge >= 0.3 is 0 Å². The number of methoxy groups -OCH3 is 1. The molecule has 84 valence electrons. The van der Waals surface area contributed by atoms with Gasteiger partial charge in [-0.1, -0.05) is 44.2 Å². The van der Waals surface area contributed by atoms with Gasteiger partial charge in [-0.25, -0.2) is 0 Å². The molecule has 0 amide bonds. The second-order valence-electron chi connectivity index (χ2n) is 4.08. The van der Waals surface area contributed by atoms with Crippen LogP contribution < -0.4 is 5.32 Å². The third-order valence-electron chi connectivity index (χ3n) is 2.50. The minimum atomic E-state index is 0.418. The molecule has 1 aromatic carbocycles. The Hall–Kier alpha value is -0.860. The van der Waals surface area contributed by atoms with E-state index in [-0.39, 0.29) is 0 Å². The zero-order chi connectivity index (χ0) is 11.1. The minimum absolute atomic E-state index is 0.418. The molecule has 0 saturated carbocycles. The molecule has 0 heterocycles. The van der Waals surface area contributed by atoms with E-state index in [0.29, 0.717) is 12.0 Å². The molecule has 1 unspecified atom stereocenters. The monoisotopic (exact) mass is 207 g/mol. The normalized spacial score (nSPS) is 13.1. The fourth-order valence-corrected chi connectivity index (χ4v) is 1.72. The molecule has 2 nitrogen and oxygen atoms in total. The second kappa shape index (κ2) is 6.59. The highest BCUT2D eigenvalue weighted by atomic mass is 16.5. The highest BCUT2D eigenvalue weighted by Crippen LogP contribution is 2.20. The number of hydrogen-bond donors (Lipinski definition) is 1. The second-order valence-corrected chi connectivity index (χ2v) is 4.08. The zero-order valence-corrected chi connectivity index (χ0v) is 9.86. The molecule has 0 bridgehead atoms. The third kappa shape index (κ3) is 4.02. The van der Waals surface area contributed by atoms with Crippen molar-refractivity contribution in [2.45, 2.75) is 19.9 Å². The highest BCUT2D eigenvalue weighted by molar-refractivity contribution is 5.19. The standard InChI is InChI=1S/C13H21NO/c1-11(2)13(14-9-10-15-3)12-7-5-4-6-8-12/h4-8,11,13-14H,9-10H2,1-3H3. The molecule has 1 N–H and O–H groups in total. The molecule has 2 heteroatoms. The molecule has 15 heavy (non-hydrogen) atoms. The summed E-state index contributed by atoms with van der Waals surface area (Å²) in [6, 6.07) is 11.0. The van der Waals surface area contributed by atoms with E-state index in [1.165, 1.54) is 5.56 Å². The van der Waals surface area contributed by atoms with Gasteiger partial charge < -0.3 is 10.1 Å². The Bertz CT molecular complexity index is 258. The Morgan fingerprint density at radius 3 is 2.40 bits per heavy atom. The van der Waals surface area contributed by atoms with Crippen LogP contribution in [0.2, 0.25) is 0 Å². The fourth-order valence-electron chi connectivity index (χ4n) is 1.72. The van der Waals surface area contributed by atoms with Crippen molar-refractivity contribution in [1.29, 1.82) is 0 Å². The van der Waals surface area contributed by atoms with Crippen LogP contribution in [0.15, 0.2) is 30.3 Å². The summed E-state index contributed by atoms with van der Waals surface area (Å²) in [5.74, 6) is 0.587. The number of hydrogen-bond acceptors (Lipinski definition) is 2. The highest BCUT2D eigenvalue weighted by Gasteiger charge is 2.13. The van der Waals surface area contributed by atoms with Crippen molar-refractivity contribution >= 4 is 0 Å². The van der Waals surface area contributed by atoms with E-state index in [9.17, 15) is 0 Å². The van der Waals surface area contributed by atoms with Crippen LogP contribution in [0, 0.1) is 5.92 Å². The fraction of sp³-hybridized carbons (Fsp3) is 0.538. The van der Waals surface area contributed by atoms with Crippen molar-refractivity contribution in [2.75, 3.05) is 20.3 Å². The van der Waals surface area contributed by atoms with Gasteiger partial charge in [0.2, 0.25) is 0 Å². The van der Waals surface area contributed by atoms with Gasteiger partial charge in [0.05, 0.1) is 6.61 Å². The molecule has 1 aromatic rings. The number of nitrogens with one attached hydrogen (secondary N) is 1. The maximum Gasteiger partial charge on any atom is 0.0587 e. The molecule has 0 radical (unpaired) electrons. The first-order valence-electron chi connectivity index (χ1n) is 5.53. The van der Waals surface area contributed by atoms with Gasteiger partial charge in [-0.05, 0) is 11.5 Å². The van der Waals surface area contributed by atoms with E-state index >= 15 is 0 Å². The van der Waals surface area contributed by atoms with Gasteiger partial charge in [0.15, 0.2) is 0 Å². The predicted molar refractivity (Wildman–Crippen MR) is 63.9 cm³/mol. The van der Waals surface area contributed by atoms with Gasteiger partial charge in [-0.15, -0.1) is 0 Å². The van der Waals surface area contributed by atoms with E-state index in [1.54, 1.807) is 7.11 Å². The van der Waals surface area contributed by atoms with Crippen LogP contribution in [0.3, 0.4) is 0 Å². The summed E-state index contributed by atoms with van der Waals surface area (Å²) >= 11 is 0. The molecular formula is C13H21NO. The smallest absolute Gasteiger partial charge is 0.0587 e. The Kier molecular flexibility index (Phi) is 5.37. The number of rotatable bonds is 6. The summed E-state index contributed by atoms with van der Waals surface area (Å²) in [5.41, 5.74) is 1.35. The Balaban J connectivity index is 2.58. The Labute approximate surface area is 92.6 Å². The maximum atomic E-state index is 5.05. The molecule has 0 aliphatic carbocycles. The van der Waals surface area contributed by atoms with E-state index in [1.807, 2.05) is 0 Å². The van der Waals surface area contributed by atoms with E-state index in [0.717, 1.165) is 13.2 Å². The van der Waals surface area contributed by atoms with E-state index < -0.39 is 0 Å². The zero-order valence-electron chi connectivity index (χ0n) is 9.86. The van der Waals surface area contributed by atoms with E-state index in [2.05, 4.69) is 49.5 Å². The van der Waals surface area contributed by atoms with Crippen LogP contribution in [0.4, 0.5) is 0 Å². The Morgan fingerprint density at radius 1 is 1.20 bits per heavy atom. The van der Waals surface area contributed by atoms with Crippen LogP contribution in [0.25, 0.3) is 0 Å². The lowest BCUT2D eigenvalue weighted by Crippen LogP contribution is -2.28. The number of benzene rings is 1. The summed E-state index contributed by atoms with van der Waals surface area (Å²) in [6.07, 6.45) is 0. The summed E-state index contributed by atoms with van der Waals surface area (Å²) < 4.78 is 5.05. The average Bonchev–Trinajstić information content (AvgIpc) is 2.25. The SMILES string of the molecule is COCCNC(c1ccccc1)C(C)C. The Morgan fingerprint density at radius 2 is 1.87 bits per heavy atom. The van der Waals surface area contributed by atoms with Gasteiger partial charge in [0.1, 0.15) is 0 Å². The summed E-state index contributed by atoms with van der Waals surface area (Å²) in [6.45, 7) is 6.12. The molecule has 0 saturated heterocycles. The third-order valence-corrected chi connectivity index (χ3v) is 2.50. The lowest BCUT2D eigenvalue weighted by molar-refractivity contribution is 0.192. The number of ether oxygens (including phenoxy) is 1. The van der Waals surface area contributed by atoms with Crippen LogP contribution >= 0.6 is 0 Å². The quantitative estimate of drug-likeness (QED) is 0.724. The first-order valence-corrected chi connectivity index (χ1v) is 5.53. The minimum Gasteiger partial charge on any atom is -0.383 e. The molecule has 0 aromatic heterocycles. The first-order chi connectivity index (χ1) is 7.25. The van der Waals surface area contributed by atoms with Crippen LogP contribution in [0.1, 0.15) is 25.5 Å². The predicted octanol–water partition coefficient (Wildman–Crippen LogP) is 2.62. The van der Waals surface area contributed by atoms with Gasteiger partial charge in [0.25, 0.3) is 0 Å². The van der Waals surface area contributed by atoms with Gasteiger partial charge in [-0.3, -0.25) is 0 Å². The first kappa shape index (κ1) is 12.2. The molecule has 0 aliphatic heterocycles. The van der Waals surface area contributed by atoms with Crippen LogP contribution in [0.5, 0.6) is 0 Å². The van der Waals surface area contributed by atoms with Crippen LogP contribution in [-0.4, -0.2) is 20.3 Å². The summed E-state index contributed by atoms with van der Waals surface area (Å²) in [4.78, 5) is 0. The van der Waals surface area contributed by atoms with Gasteiger partial charge in [0, 0.05) is 19.7 Å². The van der Waals surface area contributed by atoms with Crippen molar-refractivity contribution in [2.24, 2.45) is 5.92 Å².